The number of thiocarbonyl (C=S) groups is 2. The van der Waals surface area contributed by atoms with Crippen LogP contribution in [-0.4, -0.2) is 60.4 Å². The van der Waals surface area contributed by atoms with Crippen molar-refractivity contribution in [3.8, 4) is 23.0 Å². The second kappa shape index (κ2) is 33.7. The van der Waals surface area contributed by atoms with Crippen LogP contribution in [0.15, 0.2) is 117 Å². The topological polar surface area (TPSA) is 186 Å². The number of hydrogen-bond acceptors (Lipinski definition) is 10. The second-order valence-electron chi connectivity index (χ2n) is 9.96. The average molecular weight is 887 g/mol. The quantitative estimate of drug-likeness (QED) is 0.0770. The normalized spacial score (nSPS) is 10.2. The van der Waals surface area contributed by atoms with E-state index in [9.17, 15) is 20.4 Å². The Morgan fingerprint density at radius 3 is 1.13 bits per heavy atom. The molecule has 4 aromatic carbocycles. The number of hydrogen-bond donors (Lipinski definition) is 0. The van der Waals surface area contributed by atoms with Gasteiger partial charge in [0.2, 0.25) is 0 Å². The molecular weight excluding hydrogens is 851 g/mol. The molecule has 0 spiro atoms. The van der Waals surface area contributed by atoms with Crippen LogP contribution in [0.4, 0.5) is 0 Å². The van der Waals surface area contributed by atoms with Crippen LogP contribution in [0.2, 0.25) is 0 Å². The maximum atomic E-state index is 11.7. The van der Waals surface area contributed by atoms with Gasteiger partial charge in [0, 0.05) is 50.0 Å². The SMILES string of the molecule is CC(=NCCCN=Cc1ccccc1[O-])c1ccccc1[O-].CC(=NCCCN=Cc1ccccc1[O-])c1ccccc1[O-].[Cu+2].[Cu+2].[Mn+2].[N-]=C=S.[N-]=C=S. The molecule has 0 aliphatic heterocycles. The van der Waals surface area contributed by atoms with Gasteiger partial charge in [-0.15, -0.1) is 11.5 Å². The summed E-state index contributed by atoms with van der Waals surface area (Å²) in [7, 11) is 0. The Morgan fingerprint density at radius 1 is 0.547 bits per heavy atom. The van der Waals surface area contributed by atoms with E-state index in [0.717, 1.165) is 24.3 Å². The van der Waals surface area contributed by atoms with Crippen molar-refractivity contribution in [2.75, 3.05) is 26.2 Å². The Bertz CT molecular complexity index is 1680. The average Bonchev–Trinajstić information content (AvgIpc) is 3.10. The zero-order valence-electron chi connectivity index (χ0n) is 28.7. The monoisotopic (exact) mass is 885 g/mol. The van der Waals surface area contributed by atoms with Gasteiger partial charge in [-0.3, -0.25) is 20.0 Å². The molecule has 0 amide bonds. The smallest absolute Gasteiger partial charge is 0.872 e. The van der Waals surface area contributed by atoms with E-state index in [1.54, 1.807) is 73.1 Å². The number of nitrogens with zero attached hydrogens (tertiary/aromatic N) is 6. The molecule has 15 heteroatoms. The fourth-order valence-electron chi connectivity index (χ4n) is 4.02. The number of aliphatic imine (C=N–C) groups is 4. The Morgan fingerprint density at radius 2 is 0.830 bits per heavy atom. The molecule has 0 saturated heterocycles. The standard InChI is InChI=1S/2C18H20N2O2.2CNS.2Cu.Mn/c2*1-14(16-8-3-5-10-18(16)22)20-12-6-11-19-13-15-7-2-4-9-17(15)21;2*2-1-3;;;/h2*2-5,7-10,13,21-22H,6,11-12H2,1H3;;;;;/q;;2*-1;3*+2/p-4. The summed E-state index contributed by atoms with van der Waals surface area (Å²) in [5.74, 6) is -0.0537. The third kappa shape index (κ3) is 23.3. The third-order valence-electron chi connectivity index (χ3n) is 6.44. The molecule has 0 N–H and O–H groups in total. The van der Waals surface area contributed by atoms with Crippen molar-refractivity contribution >= 4 is 58.6 Å². The van der Waals surface area contributed by atoms with Crippen LogP contribution in [0.1, 0.15) is 48.9 Å². The van der Waals surface area contributed by atoms with E-state index >= 15 is 0 Å². The number of isothiocyanates is 2. The molecule has 10 nitrogen and oxygen atoms in total. The van der Waals surface area contributed by atoms with Gasteiger partial charge >= 0.3 is 51.2 Å². The van der Waals surface area contributed by atoms with E-state index in [0.29, 0.717) is 48.4 Å². The summed E-state index contributed by atoms with van der Waals surface area (Å²) in [6.45, 7) is 6.10. The van der Waals surface area contributed by atoms with E-state index in [4.69, 9.17) is 10.8 Å². The van der Waals surface area contributed by atoms with Gasteiger partial charge in [0.25, 0.3) is 0 Å². The minimum atomic E-state index is -0.0211. The molecule has 0 aromatic heterocycles. The first kappa shape index (κ1) is 53.3. The van der Waals surface area contributed by atoms with Crippen LogP contribution in [0, 0.1) is 0 Å². The van der Waals surface area contributed by atoms with Gasteiger partial charge < -0.3 is 31.2 Å². The van der Waals surface area contributed by atoms with Crippen molar-refractivity contribution in [2.45, 2.75) is 26.7 Å². The molecule has 0 fully saturated rings. The van der Waals surface area contributed by atoms with Gasteiger partial charge in [-0.25, -0.2) is 0 Å². The fourth-order valence-corrected chi connectivity index (χ4v) is 4.02. The molecule has 283 valence electrons. The molecule has 4 rings (SSSR count). The summed E-state index contributed by atoms with van der Waals surface area (Å²) in [5.41, 5.74) is 3.99. The van der Waals surface area contributed by atoms with Crippen LogP contribution >= 0.6 is 24.4 Å². The van der Waals surface area contributed by atoms with Gasteiger partial charge in [-0.2, -0.15) is 10.3 Å². The summed E-state index contributed by atoms with van der Waals surface area (Å²) in [6.07, 6.45) is 4.75. The van der Waals surface area contributed by atoms with E-state index in [1.165, 1.54) is 22.5 Å². The summed E-state index contributed by atoms with van der Waals surface area (Å²) >= 11 is 7.40. The predicted molar refractivity (Wildman–Crippen MR) is 204 cm³/mol. The van der Waals surface area contributed by atoms with Crippen molar-refractivity contribution in [1.29, 1.82) is 0 Å². The van der Waals surface area contributed by atoms with Crippen LogP contribution in [-0.2, 0) is 51.2 Å². The molecule has 0 bridgehead atoms. The molecular formula is C38H36Cu2MnN6O4S2. The Hall–Kier alpha value is -4.08. The molecule has 0 unspecified atom stereocenters. The Kier molecular flexibility index (Phi) is 33.9. The van der Waals surface area contributed by atoms with Crippen LogP contribution in [0.5, 0.6) is 23.0 Å². The molecule has 0 aliphatic carbocycles. The van der Waals surface area contributed by atoms with Gasteiger partial charge in [0.1, 0.15) is 0 Å². The first-order valence-corrected chi connectivity index (χ1v) is 16.1. The number of para-hydroxylation sites is 4. The van der Waals surface area contributed by atoms with E-state index < -0.39 is 0 Å². The minimum absolute atomic E-state index is 0. The van der Waals surface area contributed by atoms with Crippen molar-refractivity contribution < 1.29 is 71.6 Å². The molecule has 0 atom stereocenters. The molecule has 4 aromatic rings. The van der Waals surface area contributed by atoms with E-state index in [2.05, 4.69) is 44.4 Å². The van der Waals surface area contributed by atoms with E-state index in [-0.39, 0.29) is 74.2 Å². The maximum Gasteiger partial charge on any atom is 2.00 e. The molecule has 53 heavy (non-hydrogen) atoms. The predicted octanol–water partition coefficient (Wildman–Crippen LogP) is 5.61. The van der Waals surface area contributed by atoms with Crippen molar-refractivity contribution in [3.05, 3.63) is 130 Å². The summed E-state index contributed by atoms with van der Waals surface area (Å²) in [4.78, 5) is 17.3. The molecule has 3 radical (unpaired) electrons. The van der Waals surface area contributed by atoms with Crippen molar-refractivity contribution in [2.24, 2.45) is 20.0 Å². The summed E-state index contributed by atoms with van der Waals surface area (Å²) in [5, 5.41) is 63.2. The van der Waals surface area contributed by atoms with Gasteiger partial charge in [-0.1, -0.05) is 133 Å². The third-order valence-corrected chi connectivity index (χ3v) is 6.44. The zero-order chi connectivity index (χ0) is 37.0. The minimum Gasteiger partial charge on any atom is -0.872 e. The first-order chi connectivity index (χ1) is 24.2. The molecule has 0 heterocycles. The largest absolute Gasteiger partial charge is 2.00 e. The van der Waals surface area contributed by atoms with Crippen molar-refractivity contribution in [1.82, 2.24) is 0 Å². The summed E-state index contributed by atoms with van der Waals surface area (Å²) in [6, 6.07) is 27.4. The van der Waals surface area contributed by atoms with Gasteiger partial charge in [-0.05, 0) is 48.9 Å². The van der Waals surface area contributed by atoms with Crippen LogP contribution in [0.25, 0.3) is 10.8 Å². The first-order valence-electron chi connectivity index (χ1n) is 15.3. The number of rotatable bonds is 12. The molecule has 0 saturated carbocycles. The van der Waals surface area contributed by atoms with Gasteiger partial charge in [0.15, 0.2) is 0 Å². The molecule has 0 aliphatic rings. The van der Waals surface area contributed by atoms with Crippen LogP contribution < -0.4 is 20.4 Å². The van der Waals surface area contributed by atoms with E-state index in [1.807, 2.05) is 38.1 Å². The zero-order valence-corrected chi connectivity index (χ0v) is 33.4. The number of benzene rings is 4. The Balaban J connectivity index is -0.000000782. The maximum absolute atomic E-state index is 11.7. The van der Waals surface area contributed by atoms with Crippen LogP contribution in [0.3, 0.4) is 0 Å². The van der Waals surface area contributed by atoms with Gasteiger partial charge in [0.05, 0.1) is 0 Å². The van der Waals surface area contributed by atoms with Crippen molar-refractivity contribution in [3.63, 3.8) is 0 Å². The Labute approximate surface area is 353 Å². The second-order valence-corrected chi connectivity index (χ2v) is 10.3. The fraction of sp³-hybridized carbons (Fsp3) is 0.211. The summed E-state index contributed by atoms with van der Waals surface area (Å²) < 4.78 is 0.